The lowest BCUT2D eigenvalue weighted by Crippen LogP contribution is -2.24. The minimum Gasteiger partial charge on any atom is -0.497 e. The molecule has 1 aromatic heterocycles. The van der Waals surface area contributed by atoms with Crippen LogP contribution in [0.25, 0.3) is 10.8 Å². The number of carbonyl (C=O) groups excluding carboxylic acids is 1. The molecule has 162 valence electrons. The maximum Gasteiger partial charge on any atom is 0.274 e. The molecule has 0 aliphatic rings. The average Bonchev–Trinajstić information content (AvgIpc) is 2.79. The number of carbonyl (C=O) groups is 1. The number of anilines is 1. The van der Waals surface area contributed by atoms with Crippen LogP contribution in [-0.2, 0) is 18.3 Å². The van der Waals surface area contributed by atoms with Gasteiger partial charge in [-0.15, -0.1) is 0 Å². The van der Waals surface area contributed by atoms with Gasteiger partial charge in [0.05, 0.1) is 29.6 Å². The average molecular weight is 466 g/mol. The first-order valence-electron chi connectivity index (χ1n) is 9.81. The quantitative estimate of drug-likeness (QED) is 0.437. The van der Waals surface area contributed by atoms with E-state index in [4.69, 9.17) is 16.3 Å². The number of hydrogen-bond donors (Lipinski definition) is 1. The highest BCUT2D eigenvalue weighted by atomic mass is 35.5. The summed E-state index contributed by atoms with van der Waals surface area (Å²) in [6, 6.07) is 20.2. The molecule has 0 fully saturated rings. The number of halogens is 1. The van der Waals surface area contributed by atoms with Gasteiger partial charge in [-0.1, -0.05) is 41.6 Å². The van der Waals surface area contributed by atoms with Crippen molar-refractivity contribution in [3.8, 4) is 5.75 Å². The van der Waals surface area contributed by atoms with E-state index >= 15 is 0 Å². The number of rotatable bonds is 6. The van der Waals surface area contributed by atoms with Crippen molar-refractivity contribution in [2.75, 3.05) is 12.4 Å². The van der Waals surface area contributed by atoms with E-state index in [1.165, 1.54) is 16.4 Å². The largest absolute Gasteiger partial charge is 0.497 e. The highest BCUT2D eigenvalue weighted by Gasteiger charge is 2.13. The molecule has 0 radical (unpaired) electrons. The summed E-state index contributed by atoms with van der Waals surface area (Å²) in [5.74, 6) is 0.548. The molecule has 0 atom stereocenters. The van der Waals surface area contributed by atoms with Gasteiger partial charge in [-0.3, -0.25) is 9.59 Å². The predicted octanol–water partition coefficient (Wildman–Crippen LogP) is 4.93. The van der Waals surface area contributed by atoms with E-state index in [9.17, 15) is 9.59 Å². The fourth-order valence-electron chi connectivity index (χ4n) is 3.30. The standard InChI is InChI=1S/C24H20ClN3O3S/c1-28-24(30)19-6-4-3-5-18(19)21(27-28)14-23(29)26-15-7-12-22(20(25)13-15)32-17-10-8-16(31-2)9-11-17/h3-13H,14H2,1-2H3,(H,26,29). The number of aryl methyl sites for hydroxylation is 1. The highest BCUT2D eigenvalue weighted by molar-refractivity contribution is 7.99. The number of amides is 1. The normalized spacial score (nSPS) is 10.8. The van der Waals surface area contributed by atoms with Gasteiger partial charge >= 0.3 is 0 Å². The SMILES string of the molecule is COc1ccc(Sc2ccc(NC(=O)Cc3nn(C)c(=O)c4ccccc34)cc2Cl)cc1. The fourth-order valence-corrected chi connectivity index (χ4v) is 4.41. The Balaban J connectivity index is 1.48. The van der Waals surface area contributed by atoms with Gasteiger partial charge in [-0.25, -0.2) is 4.68 Å². The van der Waals surface area contributed by atoms with Crippen molar-refractivity contribution in [3.63, 3.8) is 0 Å². The van der Waals surface area contributed by atoms with E-state index < -0.39 is 0 Å². The number of hydrogen-bond acceptors (Lipinski definition) is 5. The minimum atomic E-state index is -0.243. The molecule has 4 rings (SSSR count). The lowest BCUT2D eigenvalue weighted by atomic mass is 10.1. The second-order valence-corrected chi connectivity index (χ2v) is 8.59. The highest BCUT2D eigenvalue weighted by Crippen LogP contribution is 2.35. The first kappa shape index (κ1) is 21.9. The molecule has 1 heterocycles. The molecular weight excluding hydrogens is 446 g/mol. The van der Waals surface area contributed by atoms with Crippen molar-refractivity contribution >= 4 is 45.7 Å². The molecule has 6 nitrogen and oxygen atoms in total. The Labute approximate surface area is 194 Å². The smallest absolute Gasteiger partial charge is 0.274 e. The number of ether oxygens (including phenoxy) is 1. The van der Waals surface area contributed by atoms with Crippen LogP contribution in [-0.4, -0.2) is 22.8 Å². The molecule has 8 heteroatoms. The molecule has 0 spiro atoms. The molecule has 0 saturated heterocycles. The van der Waals surface area contributed by atoms with E-state index in [1.54, 1.807) is 38.4 Å². The summed E-state index contributed by atoms with van der Waals surface area (Å²) in [6.07, 6.45) is 0.0363. The Hall–Kier alpha value is -3.29. The molecule has 4 aromatic rings. The van der Waals surface area contributed by atoms with Crippen LogP contribution < -0.4 is 15.6 Å². The summed E-state index contributed by atoms with van der Waals surface area (Å²) < 4.78 is 6.43. The van der Waals surface area contributed by atoms with Crippen LogP contribution >= 0.6 is 23.4 Å². The van der Waals surface area contributed by atoms with E-state index in [1.807, 2.05) is 42.5 Å². The van der Waals surface area contributed by atoms with Crippen LogP contribution in [0, 0.1) is 0 Å². The number of fused-ring (bicyclic) bond motifs is 1. The molecule has 1 N–H and O–H groups in total. The van der Waals surface area contributed by atoms with Crippen molar-refractivity contribution in [3.05, 3.63) is 87.8 Å². The number of benzene rings is 3. The zero-order valence-corrected chi connectivity index (χ0v) is 19.0. The lowest BCUT2D eigenvalue weighted by molar-refractivity contribution is -0.115. The summed E-state index contributed by atoms with van der Waals surface area (Å²) >= 11 is 7.98. The first-order valence-corrected chi connectivity index (χ1v) is 11.0. The predicted molar refractivity (Wildman–Crippen MR) is 128 cm³/mol. The van der Waals surface area contributed by atoms with E-state index in [2.05, 4.69) is 10.4 Å². The number of nitrogens with one attached hydrogen (secondary N) is 1. The van der Waals surface area contributed by atoms with Crippen molar-refractivity contribution in [1.82, 2.24) is 9.78 Å². The number of nitrogens with zero attached hydrogens (tertiary/aromatic N) is 2. The molecule has 3 aromatic carbocycles. The van der Waals surface area contributed by atoms with E-state index in [0.717, 1.165) is 15.5 Å². The van der Waals surface area contributed by atoms with E-state index in [-0.39, 0.29) is 17.9 Å². The van der Waals surface area contributed by atoms with Crippen molar-refractivity contribution in [2.24, 2.45) is 7.05 Å². The Morgan fingerprint density at radius 2 is 1.81 bits per heavy atom. The fraction of sp³-hybridized carbons (Fsp3) is 0.125. The molecule has 0 aliphatic carbocycles. The first-order chi connectivity index (χ1) is 15.4. The van der Waals surface area contributed by atoms with Crippen LogP contribution in [0.4, 0.5) is 5.69 Å². The van der Waals surface area contributed by atoms with Gasteiger partial charge in [0.25, 0.3) is 5.56 Å². The van der Waals surface area contributed by atoms with Gasteiger partial charge in [0.1, 0.15) is 5.75 Å². The van der Waals surface area contributed by atoms with Crippen LogP contribution in [0.5, 0.6) is 5.75 Å². The lowest BCUT2D eigenvalue weighted by Gasteiger charge is -2.10. The maximum absolute atomic E-state index is 12.7. The van der Waals surface area contributed by atoms with Gasteiger partial charge < -0.3 is 10.1 Å². The molecule has 1 amide bonds. The van der Waals surface area contributed by atoms with Gasteiger partial charge in [0.2, 0.25) is 5.91 Å². The molecule has 0 aliphatic heterocycles. The molecular formula is C24H20ClN3O3S. The topological polar surface area (TPSA) is 73.2 Å². The monoisotopic (exact) mass is 465 g/mol. The molecule has 32 heavy (non-hydrogen) atoms. The summed E-state index contributed by atoms with van der Waals surface area (Å²) in [5.41, 5.74) is 0.938. The van der Waals surface area contributed by atoms with Gasteiger partial charge in [-0.2, -0.15) is 5.10 Å². The Morgan fingerprint density at radius 3 is 2.50 bits per heavy atom. The molecule has 0 saturated carbocycles. The summed E-state index contributed by atoms with van der Waals surface area (Å²) in [7, 11) is 3.21. The Bertz CT molecular complexity index is 1350. The summed E-state index contributed by atoms with van der Waals surface area (Å²) in [6.45, 7) is 0. The van der Waals surface area contributed by atoms with Gasteiger partial charge in [0.15, 0.2) is 0 Å². The third-order valence-corrected chi connectivity index (χ3v) is 6.37. The van der Waals surface area contributed by atoms with Crippen molar-refractivity contribution in [1.29, 1.82) is 0 Å². The van der Waals surface area contributed by atoms with Crippen LogP contribution in [0.15, 0.2) is 81.3 Å². The Morgan fingerprint density at radius 1 is 1.09 bits per heavy atom. The zero-order valence-electron chi connectivity index (χ0n) is 17.5. The van der Waals surface area contributed by atoms with Gasteiger partial charge in [0, 0.05) is 27.9 Å². The van der Waals surface area contributed by atoms with Gasteiger partial charge in [-0.05, 0) is 48.5 Å². The number of methoxy groups -OCH3 is 1. The van der Waals surface area contributed by atoms with Crippen molar-refractivity contribution < 1.29 is 9.53 Å². The Kier molecular flexibility index (Phi) is 6.48. The third-order valence-electron chi connectivity index (χ3n) is 4.86. The maximum atomic E-state index is 12.7. The molecule has 0 bridgehead atoms. The van der Waals surface area contributed by atoms with E-state index in [0.29, 0.717) is 27.2 Å². The summed E-state index contributed by atoms with van der Waals surface area (Å²) in [4.78, 5) is 26.8. The summed E-state index contributed by atoms with van der Waals surface area (Å²) in [5, 5.41) is 8.89. The zero-order chi connectivity index (χ0) is 22.7. The van der Waals surface area contributed by atoms with Crippen LogP contribution in [0.3, 0.4) is 0 Å². The van der Waals surface area contributed by atoms with Crippen LogP contribution in [0.1, 0.15) is 5.69 Å². The number of aromatic nitrogens is 2. The van der Waals surface area contributed by atoms with Crippen LogP contribution in [0.2, 0.25) is 5.02 Å². The third kappa shape index (κ3) is 4.79. The van der Waals surface area contributed by atoms with Crippen molar-refractivity contribution in [2.45, 2.75) is 16.2 Å². The molecule has 0 unspecified atom stereocenters. The second-order valence-electron chi connectivity index (χ2n) is 7.07. The minimum absolute atomic E-state index is 0.0363. The second kappa shape index (κ2) is 9.46.